The summed E-state index contributed by atoms with van der Waals surface area (Å²) >= 11 is 5.82. The fraction of sp³-hybridized carbons (Fsp3) is 0.0500. The van der Waals surface area contributed by atoms with Gasteiger partial charge in [0.1, 0.15) is 5.76 Å². The Hall–Kier alpha value is -2.87. The molecule has 2 N–H and O–H groups in total. The van der Waals surface area contributed by atoms with E-state index in [1.54, 1.807) is 42.5 Å². The van der Waals surface area contributed by atoms with E-state index < -0.39 is 10.0 Å². The first-order chi connectivity index (χ1) is 13.4. The third-order valence-corrected chi connectivity index (χ3v) is 5.41. The number of rotatable bonds is 7. The second-order valence-corrected chi connectivity index (χ2v) is 8.01. The van der Waals surface area contributed by atoms with Crippen molar-refractivity contribution in [1.29, 1.82) is 0 Å². The fourth-order valence-electron chi connectivity index (χ4n) is 2.31. The van der Waals surface area contributed by atoms with Crippen LogP contribution in [-0.2, 0) is 21.4 Å². The van der Waals surface area contributed by atoms with Gasteiger partial charge >= 0.3 is 0 Å². The summed E-state index contributed by atoms with van der Waals surface area (Å²) in [6.07, 6.45) is 4.52. The normalized spacial score (nSPS) is 11.6. The molecule has 1 amide bonds. The molecule has 0 saturated carbocycles. The number of halogens is 1. The predicted octanol–water partition coefficient (Wildman–Crippen LogP) is 4.06. The van der Waals surface area contributed by atoms with Gasteiger partial charge in [0.15, 0.2) is 0 Å². The number of anilines is 1. The van der Waals surface area contributed by atoms with Gasteiger partial charge in [0.2, 0.25) is 15.9 Å². The molecule has 0 bridgehead atoms. The van der Waals surface area contributed by atoms with Gasteiger partial charge in [0.05, 0.1) is 17.7 Å². The van der Waals surface area contributed by atoms with E-state index in [1.807, 2.05) is 0 Å². The van der Waals surface area contributed by atoms with Gasteiger partial charge in [-0.3, -0.25) is 4.79 Å². The molecule has 28 heavy (non-hydrogen) atoms. The van der Waals surface area contributed by atoms with E-state index in [-0.39, 0.29) is 17.3 Å². The molecule has 0 aliphatic heterocycles. The van der Waals surface area contributed by atoms with Crippen molar-refractivity contribution in [3.05, 3.63) is 89.3 Å². The maximum atomic E-state index is 12.3. The van der Waals surface area contributed by atoms with Crippen LogP contribution in [0.15, 0.2) is 82.3 Å². The molecule has 0 spiro atoms. The smallest absolute Gasteiger partial charge is 0.248 e. The minimum absolute atomic E-state index is 0.0588. The SMILES string of the molecule is O=C(/C=C/c1ccc(Cl)cc1)Nc1ccc(S(=O)(=O)NCc2ccco2)cc1. The molecule has 0 saturated heterocycles. The first-order valence-corrected chi connectivity index (χ1v) is 10.2. The van der Waals surface area contributed by atoms with Gasteiger partial charge in [-0.25, -0.2) is 13.1 Å². The molecule has 3 aromatic rings. The number of furan rings is 1. The highest BCUT2D eigenvalue weighted by Gasteiger charge is 2.14. The van der Waals surface area contributed by atoms with Crippen molar-refractivity contribution < 1.29 is 17.6 Å². The Labute approximate surface area is 167 Å². The second kappa shape index (κ2) is 8.88. The van der Waals surface area contributed by atoms with E-state index in [0.29, 0.717) is 16.5 Å². The zero-order chi connectivity index (χ0) is 20.0. The number of carbonyl (C=O) groups excluding carboxylic acids is 1. The zero-order valence-corrected chi connectivity index (χ0v) is 16.2. The molecule has 0 atom stereocenters. The minimum Gasteiger partial charge on any atom is -0.468 e. The third-order valence-electron chi connectivity index (χ3n) is 3.75. The summed E-state index contributed by atoms with van der Waals surface area (Å²) in [5.41, 5.74) is 1.32. The van der Waals surface area contributed by atoms with Crippen molar-refractivity contribution >= 4 is 39.3 Å². The topological polar surface area (TPSA) is 88.4 Å². The van der Waals surface area contributed by atoms with Crippen LogP contribution in [0.25, 0.3) is 6.08 Å². The van der Waals surface area contributed by atoms with Crippen LogP contribution in [0.3, 0.4) is 0 Å². The van der Waals surface area contributed by atoms with E-state index in [4.69, 9.17) is 16.0 Å². The largest absolute Gasteiger partial charge is 0.468 e. The Balaban J connectivity index is 1.58. The Morgan fingerprint density at radius 3 is 2.39 bits per heavy atom. The number of sulfonamides is 1. The first-order valence-electron chi connectivity index (χ1n) is 8.29. The lowest BCUT2D eigenvalue weighted by Gasteiger charge is -2.07. The van der Waals surface area contributed by atoms with Gasteiger partial charge in [-0.2, -0.15) is 0 Å². The van der Waals surface area contributed by atoms with E-state index in [9.17, 15) is 13.2 Å². The van der Waals surface area contributed by atoms with Crippen LogP contribution < -0.4 is 10.0 Å². The highest BCUT2D eigenvalue weighted by molar-refractivity contribution is 7.89. The van der Waals surface area contributed by atoms with Crippen molar-refractivity contribution in [2.75, 3.05) is 5.32 Å². The molecule has 2 aromatic carbocycles. The molecule has 0 aliphatic carbocycles. The fourth-order valence-corrected chi connectivity index (χ4v) is 3.43. The monoisotopic (exact) mass is 416 g/mol. The number of hydrogen-bond acceptors (Lipinski definition) is 4. The van der Waals surface area contributed by atoms with Gasteiger partial charge < -0.3 is 9.73 Å². The van der Waals surface area contributed by atoms with E-state index in [1.165, 1.54) is 36.6 Å². The average molecular weight is 417 g/mol. The lowest BCUT2D eigenvalue weighted by Crippen LogP contribution is -2.23. The van der Waals surface area contributed by atoms with Crippen LogP contribution in [-0.4, -0.2) is 14.3 Å². The summed E-state index contributed by atoms with van der Waals surface area (Å²) in [6.45, 7) is 0.0588. The molecule has 8 heteroatoms. The molecule has 0 aliphatic rings. The Morgan fingerprint density at radius 2 is 1.75 bits per heavy atom. The van der Waals surface area contributed by atoms with Gasteiger partial charge in [0, 0.05) is 16.8 Å². The quantitative estimate of drug-likeness (QED) is 0.568. The Kier molecular flexibility index (Phi) is 6.30. The molecule has 6 nitrogen and oxygen atoms in total. The van der Waals surface area contributed by atoms with Crippen LogP contribution in [0.2, 0.25) is 5.02 Å². The van der Waals surface area contributed by atoms with E-state index in [0.717, 1.165) is 5.56 Å². The van der Waals surface area contributed by atoms with E-state index >= 15 is 0 Å². The van der Waals surface area contributed by atoms with Gasteiger partial charge in [-0.05, 0) is 60.2 Å². The van der Waals surface area contributed by atoms with Crippen LogP contribution in [0.1, 0.15) is 11.3 Å². The highest BCUT2D eigenvalue weighted by Crippen LogP contribution is 2.15. The summed E-state index contributed by atoms with van der Waals surface area (Å²) < 4.78 is 32.1. The lowest BCUT2D eigenvalue weighted by molar-refractivity contribution is -0.111. The van der Waals surface area contributed by atoms with Crippen LogP contribution in [0.5, 0.6) is 0 Å². The van der Waals surface area contributed by atoms with Gasteiger partial charge in [-0.15, -0.1) is 0 Å². The molecule has 0 fully saturated rings. The summed E-state index contributed by atoms with van der Waals surface area (Å²) in [5, 5.41) is 3.30. The van der Waals surface area contributed by atoms with Crippen molar-refractivity contribution in [2.24, 2.45) is 0 Å². The minimum atomic E-state index is -3.68. The maximum absolute atomic E-state index is 12.3. The zero-order valence-electron chi connectivity index (χ0n) is 14.6. The number of amides is 1. The number of nitrogens with one attached hydrogen (secondary N) is 2. The summed E-state index contributed by atoms with van der Waals surface area (Å²) in [6, 6.07) is 16.3. The molecule has 1 aromatic heterocycles. The highest BCUT2D eigenvalue weighted by atomic mass is 35.5. The number of carbonyl (C=O) groups is 1. The molecular weight excluding hydrogens is 400 g/mol. The summed E-state index contributed by atoms with van der Waals surface area (Å²) in [4.78, 5) is 12.1. The maximum Gasteiger partial charge on any atom is 0.248 e. The van der Waals surface area contributed by atoms with Crippen molar-refractivity contribution in [2.45, 2.75) is 11.4 Å². The van der Waals surface area contributed by atoms with Crippen molar-refractivity contribution in [3.63, 3.8) is 0 Å². The standard InChI is InChI=1S/C20H17ClN2O4S/c21-16-6-3-15(4-7-16)5-12-20(24)23-17-8-10-19(11-9-17)28(25,26)22-14-18-2-1-13-27-18/h1-13,22H,14H2,(H,23,24)/b12-5+. The molecule has 0 radical (unpaired) electrons. The van der Waals surface area contributed by atoms with Crippen molar-refractivity contribution in [1.82, 2.24) is 4.72 Å². The van der Waals surface area contributed by atoms with Gasteiger partial charge in [0.25, 0.3) is 0 Å². The molecular formula is C20H17ClN2O4S. The molecule has 0 unspecified atom stereocenters. The number of hydrogen-bond donors (Lipinski definition) is 2. The second-order valence-electron chi connectivity index (χ2n) is 5.80. The Bertz CT molecular complexity index is 1060. The molecule has 3 rings (SSSR count). The summed E-state index contributed by atoms with van der Waals surface area (Å²) in [7, 11) is -3.68. The lowest BCUT2D eigenvalue weighted by atomic mass is 10.2. The van der Waals surface area contributed by atoms with Crippen molar-refractivity contribution in [3.8, 4) is 0 Å². The molecule has 1 heterocycles. The van der Waals surface area contributed by atoms with Crippen LogP contribution in [0.4, 0.5) is 5.69 Å². The third kappa shape index (κ3) is 5.56. The summed E-state index contributed by atoms with van der Waals surface area (Å²) in [5.74, 6) is 0.182. The first kappa shape index (κ1) is 19.9. The van der Waals surface area contributed by atoms with Gasteiger partial charge in [-0.1, -0.05) is 23.7 Å². The predicted molar refractivity (Wildman–Crippen MR) is 108 cm³/mol. The van der Waals surface area contributed by atoms with Crippen LogP contribution >= 0.6 is 11.6 Å². The molecule has 144 valence electrons. The Morgan fingerprint density at radius 1 is 1.04 bits per heavy atom. The van der Waals surface area contributed by atoms with Crippen LogP contribution in [0, 0.1) is 0 Å². The number of benzene rings is 2. The van der Waals surface area contributed by atoms with E-state index in [2.05, 4.69) is 10.0 Å². The average Bonchev–Trinajstić information content (AvgIpc) is 3.20.